The van der Waals surface area contributed by atoms with Gasteiger partial charge in [-0.2, -0.15) is 0 Å². The highest BCUT2D eigenvalue weighted by Gasteiger charge is 2.25. The molecular formula is C19H21FN4O3. The number of amides is 1. The quantitative estimate of drug-likeness (QED) is 0.644. The number of nitro benzene ring substituents is 1. The van der Waals surface area contributed by atoms with Crippen LogP contribution in [0.1, 0.15) is 17.3 Å². The van der Waals surface area contributed by atoms with E-state index in [1.165, 1.54) is 18.2 Å². The van der Waals surface area contributed by atoms with Crippen molar-refractivity contribution >= 4 is 23.0 Å². The molecule has 0 aromatic heterocycles. The molecule has 0 unspecified atom stereocenters. The fraction of sp³-hybridized carbons (Fsp3) is 0.316. The predicted octanol–water partition coefficient (Wildman–Crippen LogP) is 3.13. The van der Waals surface area contributed by atoms with Crippen molar-refractivity contribution in [2.45, 2.75) is 6.92 Å². The summed E-state index contributed by atoms with van der Waals surface area (Å²) in [4.78, 5) is 26.9. The van der Waals surface area contributed by atoms with Gasteiger partial charge in [0.05, 0.1) is 10.5 Å². The Balaban J connectivity index is 1.70. The smallest absolute Gasteiger partial charge is 0.292 e. The monoisotopic (exact) mass is 372 g/mol. The minimum Gasteiger partial charge on any atom is -0.380 e. The van der Waals surface area contributed by atoms with E-state index in [-0.39, 0.29) is 17.2 Å². The Hall–Kier alpha value is -3.16. The van der Waals surface area contributed by atoms with Gasteiger partial charge in [0.1, 0.15) is 11.5 Å². The lowest BCUT2D eigenvalue weighted by Gasteiger charge is -2.36. The van der Waals surface area contributed by atoms with Gasteiger partial charge in [0.25, 0.3) is 11.6 Å². The van der Waals surface area contributed by atoms with Gasteiger partial charge in [0.15, 0.2) is 0 Å². The third-order valence-corrected chi connectivity index (χ3v) is 4.58. The standard InChI is InChI=1S/C19H21FN4O3/c1-2-21-17-13-14(7-8-18(17)24(26)27)22-9-11-23(12-10-22)19(25)15-5-3-4-6-16(15)20/h3-8,13,21H,2,9-12H2,1H3. The van der Waals surface area contributed by atoms with Crippen LogP contribution in [-0.4, -0.2) is 48.5 Å². The number of carbonyl (C=O) groups is 1. The maximum absolute atomic E-state index is 13.8. The molecular weight excluding hydrogens is 351 g/mol. The highest BCUT2D eigenvalue weighted by Crippen LogP contribution is 2.30. The zero-order valence-electron chi connectivity index (χ0n) is 15.0. The molecule has 27 heavy (non-hydrogen) atoms. The molecule has 0 bridgehead atoms. The van der Waals surface area contributed by atoms with Crippen molar-refractivity contribution in [3.8, 4) is 0 Å². The molecule has 142 valence electrons. The Kier molecular flexibility index (Phi) is 5.54. The molecule has 1 heterocycles. The Morgan fingerprint density at radius 1 is 1.19 bits per heavy atom. The van der Waals surface area contributed by atoms with Crippen molar-refractivity contribution < 1.29 is 14.1 Å². The van der Waals surface area contributed by atoms with Crippen LogP contribution < -0.4 is 10.2 Å². The molecule has 3 rings (SSSR count). The van der Waals surface area contributed by atoms with Crippen LogP contribution in [0.25, 0.3) is 0 Å². The van der Waals surface area contributed by atoms with E-state index in [9.17, 15) is 19.3 Å². The number of halogens is 1. The van der Waals surface area contributed by atoms with Gasteiger partial charge in [-0.1, -0.05) is 12.1 Å². The van der Waals surface area contributed by atoms with Gasteiger partial charge in [0, 0.05) is 44.5 Å². The summed E-state index contributed by atoms with van der Waals surface area (Å²) in [5.74, 6) is -0.833. The first-order chi connectivity index (χ1) is 13.0. The van der Waals surface area contributed by atoms with Crippen molar-refractivity contribution in [1.29, 1.82) is 0 Å². The summed E-state index contributed by atoms with van der Waals surface area (Å²) in [5, 5.41) is 14.2. The first-order valence-electron chi connectivity index (χ1n) is 8.82. The highest BCUT2D eigenvalue weighted by molar-refractivity contribution is 5.94. The summed E-state index contributed by atoms with van der Waals surface area (Å²) in [6, 6.07) is 10.9. The van der Waals surface area contributed by atoms with Crippen molar-refractivity contribution in [2.75, 3.05) is 42.9 Å². The SMILES string of the molecule is CCNc1cc(N2CCN(C(=O)c3ccccc3F)CC2)ccc1[N+](=O)[O-]. The first kappa shape index (κ1) is 18.6. The molecule has 1 aliphatic rings. The fourth-order valence-electron chi connectivity index (χ4n) is 3.18. The van der Waals surface area contributed by atoms with E-state index < -0.39 is 10.7 Å². The van der Waals surface area contributed by atoms with Gasteiger partial charge < -0.3 is 15.1 Å². The molecule has 7 nitrogen and oxygen atoms in total. The summed E-state index contributed by atoms with van der Waals surface area (Å²) in [6.07, 6.45) is 0. The molecule has 0 spiro atoms. The number of anilines is 2. The van der Waals surface area contributed by atoms with E-state index in [0.717, 1.165) is 5.69 Å². The minimum absolute atomic E-state index is 0.0361. The molecule has 8 heteroatoms. The highest BCUT2D eigenvalue weighted by atomic mass is 19.1. The summed E-state index contributed by atoms with van der Waals surface area (Å²) in [6.45, 7) is 4.52. The second-order valence-electron chi connectivity index (χ2n) is 6.25. The van der Waals surface area contributed by atoms with Crippen molar-refractivity contribution in [3.05, 3.63) is 64.0 Å². The van der Waals surface area contributed by atoms with E-state index in [2.05, 4.69) is 10.2 Å². The van der Waals surface area contributed by atoms with Crippen LogP contribution in [0.4, 0.5) is 21.5 Å². The molecule has 2 aromatic carbocycles. The number of nitro groups is 1. The Bertz CT molecular complexity index is 851. The van der Waals surface area contributed by atoms with E-state index in [0.29, 0.717) is 38.4 Å². The van der Waals surface area contributed by atoms with Gasteiger partial charge in [-0.15, -0.1) is 0 Å². The number of hydrogen-bond acceptors (Lipinski definition) is 5. The molecule has 2 aromatic rings. The third-order valence-electron chi connectivity index (χ3n) is 4.58. The van der Waals surface area contributed by atoms with E-state index >= 15 is 0 Å². The normalized spacial score (nSPS) is 14.1. The topological polar surface area (TPSA) is 78.7 Å². The predicted molar refractivity (Wildman–Crippen MR) is 102 cm³/mol. The zero-order valence-corrected chi connectivity index (χ0v) is 15.0. The van der Waals surface area contributed by atoms with E-state index in [4.69, 9.17) is 0 Å². The Morgan fingerprint density at radius 3 is 2.52 bits per heavy atom. The van der Waals surface area contributed by atoms with Crippen LogP contribution >= 0.6 is 0 Å². The number of rotatable bonds is 5. The van der Waals surface area contributed by atoms with Gasteiger partial charge >= 0.3 is 0 Å². The largest absolute Gasteiger partial charge is 0.380 e. The van der Waals surface area contributed by atoms with Crippen LogP contribution in [0.2, 0.25) is 0 Å². The maximum atomic E-state index is 13.8. The molecule has 0 saturated carbocycles. The molecule has 1 amide bonds. The van der Waals surface area contributed by atoms with Crippen LogP contribution in [0.3, 0.4) is 0 Å². The number of nitrogens with one attached hydrogen (secondary N) is 1. The average molecular weight is 372 g/mol. The van der Waals surface area contributed by atoms with Crippen LogP contribution in [-0.2, 0) is 0 Å². The Morgan fingerprint density at radius 2 is 1.89 bits per heavy atom. The van der Waals surface area contributed by atoms with Crippen LogP contribution in [0.5, 0.6) is 0 Å². The lowest BCUT2D eigenvalue weighted by atomic mass is 10.1. The lowest BCUT2D eigenvalue weighted by molar-refractivity contribution is -0.383. The van der Waals surface area contributed by atoms with Crippen LogP contribution in [0.15, 0.2) is 42.5 Å². The van der Waals surface area contributed by atoms with Crippen molar-refractivity contribution in [1.82, 2.24) is 4.90 Å². The average Bonchev–Trinajstić information content (AvgIpc) is 2.68. The molecule has 0 aliphatic carbocycles. The molecule has 0 radical (unpaired) electrons. The number of nitrogens with zero attached hydrogens (tertiary/aromatic N) is 3. The lowest BCUT2D eigenvalue weighted by Crippen LogP contribution is -2.49. The first-order valence-corrected chi connectivity index (χ1v) is 8.82. The summed E-state index contributed by atoms with van der Waals surface area (Å²) in [5.41, 5.74) is 1.45. The summed E-state index contributed by atoms with van der Waals surface area (Å²) >= 11 is 0. The van der Waals surface area contributed by atoms with E-state index in [1.54, 1.807) is 29.2 Å². The number of hydrogen-bond donors (Lipinski definition) is 1. The molecule has 1 N–H and O–H groups in total. The van der Waals surface area contributed by atoms with Gasteiger partial charge in [-0.05, 0) is 31.2 Å². The maximum Gasteiger partial charge on any atom is 0.292 e. The molecule has 1 aliphatic heterocycles. The number of carbonyl (C=O) groups excluding carboxylic acids is 1. The van der Waals surface area contributed by atoms with Gasteiger partial charge in [-0.25, -0.2) is 4.39 Å². The van der Waals surface area contributed by atoms with Gasteiger partial charge in [0.2, 0.25) is 0 Å². The number of benzene rings is 2. The van der Waals surface area contributed by atoms with E-state index in [1.807, 2.05) is 6.92 Å². The van der Waals surface area contributed by atoms with Crippen molar-refractivity contribution in [2.24, 2.45) is 0 Å². The van der Waals surface area contributed by atoms with Crippen LogP contribution in [0, 0.1) is 15.9 Å². The fourth-order valence-corrected chi connectivity index (χ4v) is 3.18. The zero-order chi connectivity index (χ0) is 19.4. The molecule has 0 atom stereocenters. The molecule has 1 saturated heterocycles. The summed E-state index contributed by atoms with van der Waals surface area (Å²) in [7, 11) is 0. The third kappa shape index (κ3) is 3.99. The number of piperazine rings is 1. The molecule has 1 fully saturated rings. The second-order valence-corrected chi connectivity index (χ2v) is 6.25. The minimum atomic E-state index is -0.518. The summed E-state index contributed by atoms with van der Waals surface area (Å²) < 4.78 is 13.8. The second kappa shape index (κ2) is 8.03. The Labute approximate surface area is 156 Å². The van der Waals surface area contributed by atoms with Crippen molar-refractivity contribution in [3.63, 3.8) is 0 Å². The van der Waals surface area contributed by atoms with Gasteiger partial charge in [-0.3, -0.25) is 14.9 Å².